The fraction of sp³-hybridized carbons (Fsp3) is 1.00. The molecule has 0 amide bonds. The first-order chi connectivity index (χ1) is 5.95. The van der Waals surface area contributed by atoms with Crippen molar-refractivity contribution >= 4 is 40.8 Å². The molecule has 4 atom stereocenters. The van der Waals surface area contributed by atoms with Gasteiger partial charge in [-0.15, -0.1) is 0 Å². The van der Waals surface area contributed by atoms with E-state index in [1.165, 1.54) is 12.5 Å². The van der Waals surface area contributed by atoms with Gasteiger partial charge in [0, 0.05) is 6.42 Å². The van der Waals surface area contributed by atoms with Gasteiger partial charge in [-0.05, 0) is 0 Å². The van der Waals surface area contributed by atoms with Gasteiger partial charge in [0.2, 0.25) is 0 Å². The van der Waals surface area contributed by atoms with E-state index >= 15 is 0 Å². The maximum atomic E-state index is 10.9. The normalized spacial score (nSPS) is 20.8. The van der Waals surface area contributed by atoms with Crippen molar-refractivity contribution in [2.45, 2.75) is 6.42 Å². The van der Waals surface area contributed by atoms with Gasteiger partial charge in [0.25, 0.3) is 0 Å². The molecule has 0 rings (SSSR count). The van der Waals surface area contributed by atoms with E-state index < -0.39 is 40.8 Å². The van der Waals surface area contributed by atoms with Crippen molar-refractivity contribution in [1.82, 2.24) is 0 Å². The Morgan fingerprint density at radius 1 is 0.769 bits per heavy atom. The molecular weight excluding hydrogens is 252 g/mol. The lowest BCUT2D eigenvalue weighted by atomic mass is 10.6. The Hall–Kier alpha value is 1.24. The van der Waals surface area contributed by atoms with Crippen LogP contribution in [-0.2, 0) is 40.8 Å². The molecule has 8 heteroatoms. The minimum absolute atomic E-state index is 0.256. The zero-order valence-electron chi connectivity index (χ0n) is 7.39. The lowest BCUT2D eigenvalue weighted by molar-refractivity contribution is 0.580. The molecule has 4 nitrogen and oxygen atoms in total. The molecule has 0 saturated carbocycles. The molecule has 0 aromatic heterocycles. The van der Waals surface area contributed by atoms with E-state index in [0.29, 0.717) is 6.42 Å². The van der Waals surface area contributed by atoms with Crippen molar-refractivity contribution in [2.75, 3.05) is 24.0 Å². The summed E-state index contributed by atoms with van der Waals surface area (Å²) in [5.74, 6) is 0.512. The molecule has 13 heavy (non-hydrogen) atoms. The Balaban J connectivity index is 3.45. The number of rotatable bonds is 6. The predicted molar refractivity (Wildman–Crippen MR) is 58.8 cm³/mol. The van der Waals surface area contributed by atoms with E-state index in [9.17, 15) is 18.2 Å². The number of hydrogen-bond acceptors (Lipinski definition) is 4. The summed E-state index contributed by atoms with van der Waals surface area (Å²) in [6.07, 6.45) is 3.16. The quantitative estimate of drug-likeness (QED) is 0.476. The summed E-state index contributed by atoms with van der Waals surface area (Å²) in [5.41, 5.74) is 0. The fourth-order valence-corrected chi connectivity index (χ4v) is 4.06. The van der Waals surface area contributed by atoms with E-state index in [0.717, 1.165) is 0 Å². The lowest BCUT2D eigenvalue weighted by Gasteiger charge is -2.10. The van der Waals surface area contributed by atoms with E-state index in [1.54, 1.807) is 0 Å². The van der Waals surface area contributed by atoms with Crippen molar-refractivity contribution in [1.29, 1.82) is 0 Å². The number of hydrogen-bond donors (Lipinski definition) is 0. The minimum Gasteiger partial charge on any atom is -0.572 e. The van der Waals surface area contributed by atoms with Crippen molar-refractivity contribution in [2.24, 2.45) is 0 Å². The van der Waals surface area contributed by atoms with Gasteiger partial charge < -0.3 is 18.2 Å². The largest absolute Gasteiger partial charge is 0.572 e. The van der Waals surface area contributed by atoms with E-state index in [-0.39, 0.29) is 11.5 Å². The first-order valence-corrected chi connectivity index (χ1v) is 10.2. The lowest BCUT2D eigenvalue weighted by Crippen LogP contribution is -2.22. The summed E-state index contributed by atoms with van der Waals surface area (Å²) >= 11 is 0. The Morgan fingerprint density at radius 2 is 1.08 bits per heavy atom. The van der Waals surface area contributed by atoms with Gasteiger partial charge in [0.15, 0.2) is 52.3 Å². The summed E-state index contributed by atoms with van der Waals surface area (Å²) in [4.78, 5) is 0. The van der Waals surface area contributed by atoms with Crippen LogP contribution in [0.2, 0.25) is 0 Å². The second-order valence-electron chi connectivity index (χ2n) is 2.17. The summed E-state index contributed by atoms with van der Waals surface area (Å²) < 4.78 is 43.1. The molecule has 0 aliphatic rings. The molecule has 0 aromatic rings. The maximum absolute atomic E-state index is 10.9. The zero-order valence-corrected chi connectivity index (χ0v) is 10.7. The van der Waals surface area contributed by atoms with Crippen LogP contribution in [0.15, 0.2) is 0 Å². The highest BCUT2D eigenvalue weighted by Crippen LogP contribution is 2.07. The van der Waals surface area contributed by atoms with Gasteiger partial charge in [-0.2, -0.15) is 0 Å². The highest BCUT2D eigenvalue weighted by atomic mass is 33.2. The van der Waals surface area contributed by atoms with E-state index in [4.69, 9.17) is 0 Å². The second-order valence-corrected chi connectivity index (χ2v) is 10.9. The van der Waals surface area contributed by atoms with Crippen LogP contribution in [0.25, 0.3) is 0 Å². The molecular formula is C5H12O4S4. The molecule has 80 valence electrons. The van der Waals surface area contributed by atoms with Crippen LogP contribution in [0, 0.1) is 0 Å². The fourth-order valence-electron chi connectivity index (χ4n) is 0.529. The van der Waals surface area contributed by atoms with Gasteiger partial charge in [0.1, 0.15) is 12.5 Å². The first kappa shape index (κ1) is 14.2. The van der Waals surface area contributed by atoms with Crippen LogP contribution in [0.4, 0.5) is 0 Å². The highest BCUT2D eigenvalue weighted by molar-refractivity contribution is 8.67. The summed E-state index contributed by atoms with van der Waals surface area (Å²) in [6.45, 7) is 0. The first-order valence-electron chi connectivity index (χ1n) is 3.39. The Morgan fingerprint density at radius 3 is 1.31 bits per heavy atom. The van der Waals surface area contributed by atoms with Crippen molar-refractivity contribution in [3.8, 4) is 0 Å². The van der Waals surface area contributed by atoms with Gasteiger partial charge in [-0.25, -0.2) is 0 Å². The van der Waals surface area contributed by atoms with Gasteiger partial charge >= 0.3 is 0 Å². The molecule has 0 heterocycles. The second kappa shape index (κ2) is 7.52. The van der Waals surface area contributed by atoms with Crippen LogP contribution in [0.1, 0.15) is 6.42 Å². The topological polar surface area (TPSA) is 92.2 Å². The molecule has 0 N–H and O–H groups in total. The summed E-state index contributed by atoms with van der Waals surface area (Å²) in [7, 11) is -5.40. The predicted octanol–water partition coefficient (Wildman–Crippen LogP) is -0.539. The third-order valence-electron chi connectivity index (χ3n) is 1.15. The Labute approximate surface area is 89.4 Å². The van der Waals surface area contributed by atoms with E-state index in [2.05, 4.69) is 0 Å². The van der Waals surface area contributed by atoms with E-state index in [1.807, 2.05) is 0 Å². The minimum atomic E-state index is -1.36. The molecule has 0 aliphatic heterocycles. The average Bonchev–Trinajstić information content (AvgIpc) is 2.03. The third-order valence-corrected chi connectivity index (χ3v) is 7.58. The van der Waals surface area contributed by atoms with Gasteiger partial charge in [-0.3, -0.25) is 0 Å². The van der Waals surface area contributed by atoms with Crippen LogP contribution in [0.3, 0.4) is 0 Å². The smallest absolute Gasteiger partial charge is 0.170 e. The summed E-state index contributed by atoms with van der Waals surface area (Å²) in [5, 5.41) is 0. The van der Waals surface area contributed by atoms with Crippen LogP contribution in [0.5, 0.6) is 0 Å². The monoisotopic (exact) mass is 264 g/mol. The van der Waals surface area contributed by atoms with Crippen molar-refractivity contribution in [3.63, 3.8) is 0 Å². The van der Waals surface area contributed by atoms with Gasteiger partial charge in [0.05, 0.1) is 0 Å². The molecule has 0 radical (unpaired) electrons. The molecule has 0 fully saturated rings. The zero-order chi connectivity index (χ0) is 10.4. The molecule has 0 spiro atoms. The molecule has 0 aliphatic carbocycles. The summed E-state index contributed by atoms with van der Waals surface area (Å²) in [6, 6.07) is 0. The molecule has 0 aromatic carbocycles. The third kappa shape index (κ3) is 7.20. The molecule has 0 saturated heterocycles. The molecule has 4 unspecified atom stereocenters. The highest BCUT2D eigenvalue weighted by Gasteiger charge is 2.23. The van der Waals surface area contributed by atoms with Crippen molar-refractivity contribution < 1.29 is 18.2 Å². The maximum Gasteiger partial charge on any atom is 0.170 e. The standard InChI is InChI=1S/C5H12O4S4/c1-10(6)12(8)4-3-5-13(9)11(2)7/h3-5H2,1-2H3. The Kier molecular flexibility index (Phi) is 8.24. The van der Waals surface area contributed by atoms with Gasteiger partial charge in [-0.1, -0.05) is 0 Å². The molecule has 0 bridgehead atoms. The average molecular weight is 264 g/mol. The van der Waals surface area contributed by atoms with Crippen LogP contribution < -0.4 is 0 Å². The SMILES string of the molecule is C[S+]([O-])[S+]([O-])CCC[S+]([O-])[S+](C)[O-]. The van der Waals surface area contributed by atoms with Crippen LogP contribution in [-0.4, -0.2) is 42.2 Å². The van der Waals surface area contributed by atoms with Crippen molar-refractivity contribution in [3.05, 3.63) is 0 Å². The Bertz CT molecular complexity index is 120. The van der Waals surface area contributed by atoms with Crippen LogP contribution >= 0.6 is 0 Å².